The molecule has 18 heavy (non-hydrogen) atoms. The molecule has 2 N–H and O–H groups in total. The number of ether oxygens (including phenoxy) is 1. The van der Waals surface area contributed by atoms with Crippen molar-refractivity contribution >= 4 is 0 Å². The minimum absolute atomic E-state index is 0.235. The van der Waals surface area contributed by atoms with Crippen molar-refractivity contribution in [2.45, 2.75) is 44.8 Å². The number of hydrogen-bond donors (Lipinski definition) is 1. The lowest BCUT2D eigenvalue weighted by Gasteiger charge is -2.21. The fourth-order valence-electron chi connectivity index (χ4n) is 3.98. The van der Waals surface area contributed by atoms with E-state index in [0.717, 1.165) is 24.0 Å². The molecule has 1 heterocycles. The lowest BCUT2D eigenvalue weighted by Crippen LogP contribution is -2.20. The van der Waals surface area contributed by atoms with Gasteiger partial charge in [0, 0.05) is 12.5 Å². The van der Waals surface area contributed by atoms with Crippen LogP contribution < -0.4 is 10.5 Å². The summed E-state index contributed by atoms with van der Waals surface area (Å²) in [6.07, 6.45) is 5.54. The fourth-order valence-corrected chi connectivity index (χ4v) is 3.98. The normalized spacial score (nSPS) is 37.9. The summed E-state index contributed by atoms with van der Waals surface area (Å²) in [4.78, 5) is 0. The molecule has 0 saturated heterocycles. The highest BCUT2D eigenvalue weighted by Gasteiger charge is 2.47. The van der Waals surface area contributed by atoms with Crippen molar-refractivity contribution < 1.29 is 4.74 Å². The van der Waals surface area contributed by atoms with Crippen molar-refractivity contribution in [3.8, 4) is 5.75 Å². The monoisotopic (exact) mass is 243 g/mol. The Morgan fingerprint density at radius 2 is 2.00 bits per heavy atom. The predicted molar refractivity (Wildman–Crippen MR) is 71.5 cm³/mol. The molecule has 1 aliphatic heterocycles. The Hall–Kier alpha value is -1.02. The van der Waals surface area contributed by atoms with Crippen LogP contribution in [0.3, 0.4) is 0 Å². The summed E-state index contributed by atoms with van der Waals surface area (Å²) in [7, 11) is 0. The summed E-state index contributed by atoms with van der Waals surface area (Å²) in [5.41, 5.74) is 9.13. The van der Waals surface area contributed by atoms with Crippen molar-refractivity contribution in [1.29, 1.82) is 0 Å². The average Bonchev–Trinajstić information content (AvgIpc) is 2.82. The van der Waals surface area contributed by atoms with Gasteiger partial charge in [0.05, 0.1) is 0 Å². The maximum absolute atomic E-state index is 6.47. The zero-order valence-corrected chi connectivity index (χ0v) is 10.9. The van der Waals surface area contributed by atoms with Crippen LogP contribution in [0.4, 0.5) is 0 Å². The van der Waals surface area contributed by atoms with Gasteiger partial charge in [-0.15, -0.1) is 0 Å². The Balaban J connectivity index is 1.56. The number of nitrogens with two attached hydrogens (primary N) is 1. The van der Waals surface area contributed by atoms with E-state index in [-0.39, 0.29) is 6.04 Å². The molecule has 96 valence electrons. The Kier molecular flexibility index (Phi) is 2.25. The third kappa shape index (κ3) is 1.66. The van der Waals surface area contributed by atoms with E-state index in [1.165, 1.54) is 30.4 Å². The third-order valence-electron chi connectivity index (χ3n) is 5.09. The molecule has 0 radical (unpaired) electrons. The maximum Gasteiger partial charge on any atom is 0.123 e. The van der Waals surface area contributed by atoms with Gasteiger partial charge < -0.3 is 10.5 Å². The summed E-state index contributed by atoms with van der Waals surface area (Å²) in [5.74, 6) is 3.80. The first kappa shape index (κ1) is 10.9. The van der Waals surface area contributed by atoms with Crippen LogP contribution in [0.25, 0.3) is 0 Å². The highest BCUT2D eigenvalue weighted by molar-refractivity contribution is 5.41. The molecule has 2 aliphatic carbocycles. The maximum atomic E-state index is 6.47. The second-order valence-corrected chi connectivity index (χ2v) is 6.51. The molecule has 1 aromatic carbocycles. The lowest BCUT2D eigenvalue weighted by molar-refractivity contribution is 0.254. The minimum Gasteiger partial charge on any atom is -0.490 e. The van der Waals surface area contributed by atoms with Crippen LogP contribution in [0.2, 0.25) is 0 Å². The summed E-state index contributed by atoms with van der Waals surface area (Å²) in [6, 6.07) is 6.81. The highest BCUT2D eigenvalue weighted by Crippen LogP contribution is 2.56. The van der Waals surface area contributed by atoms with Crippen molar-refractivity contribution in [1.82, 2.24) is 0 Å². The quantitative estimate of drug-likeness (QED) is 0.866. The minimum atomic E-state index is 0.235. The SMILES string of the molecule is CC1Cc2cc(C(N)C3CC4CC4C3)ccc2O1. The van der Waals surface area contributed by atoms with E-state index in [0.29, 0.717) is 12.0 Å². The number of fused-ring (bicyclic) bond motifs is 2. The molecular weight excluding hydrogens is 222 g/mol. The van der Waals surface area contributed by atoms with Gasteiger partial charge in [-0.25, -0.2) is 0 Å². The van der Waals surface area contributed by atoms with Crippen LogP contribution >= 0.6 is 0 Å². The predicted octanol–water partition coefficient (Wildman–Crippen LogP) is 3.06. The van der Waals surface area contributed by atoms with E-state index in [1.54, 1.807) is 0 Å². The Morgan fingerprint density at radius 3 is 2.78 bits per heavy atom. The van der Waals surface area contributed by atoms with Gasteiger partial charge in [-0.2, -0.15) is 0 Å². The van der Waals surface area contributed by atoms with Gasteiger partial charge in [0.25, 0.3) is 0 Å². The smallest absolute Gasteiger partial charge is 0.123 e. The Morgan fingerprint density at radius 1 is 1.22 bits per heavy atom. The Bertz CT molecular complexity index is 474. The van der Waals surface area contributed by atoms with Crippen LogP contribution in [0.15, 0.2) is 18.2 Å². The lowest BCUT2D eigenvalue weighted by atomic mass is 9.89. The molecule has 4 unspecified atom stereocenters. The van der Waals surface area contributed by atoms with Crippen molar-refractivity contribution in [2.24, 2.45) is 23.5 Å². The third-order valence-corrected chi connectivity index (χ3v) is 5.09. The molecule has 0 aromatic heterocycles. The molecular formula is C16H21NO. The topological polar surface area (TPSA) is 35.2 Å². The molecule has 0 spiro atoms. The molecule has 2 fully saturated rings. The second-order valence-electron chi connectivity index (χ2n) is 6.51. The van der Waals surface area contributed by atoms with E-state index >= 15 is 0 Å². The summed E-state index contributed by atoms with van der Waals surface area (Å²) in [6.45, 7) is 2.13. The van der Waals surface area contributed by atoms with E-state index < -0.39 is 0 Å². The first-order chi connectivity index (χ1) is 8.70. The molecule has 2 heteroatoms. The van der Waals surface area contributed by atoms with Gasteiger partial charge in [0.2, 0.25) is 0 Å². The van der Waals surface area contributed by atoms with Crippen LogP contribution in [0.1, 0.15) is 43.4 Å². The largest absolute Gasteiger partial charge is 0.490 e. The van der Waals surface area contributed by atoms with Crippen LogP contribution in [-0.4, -0.2) is 6.10 Å². The van der Waals surface area contributed by atoms with Crippen molar-refractivity contribution in [3.05, 3.63) is 29.3 Å². The van der Waals surface area contributed by atoms with Gasteiger partial charge >= 0.3 is 0 Å². The molecule has 4 atom stereocenters. The molecule has 2 saturated carbocycles. The van der Waals surface area contributed by atoms with Gasteiger partial charge in [-0.05, 0) is 61.1 Å². The summed E-state index contributed by atoms with van der Waals surface area (Å²) < 4.78 is 5.75. The number of rotatable bonds is 2. The molecule has 0 amide bonds. The van der Waals surface area contributed by atoms with Crippen molar-refractivity contribution in [3.63, 3.8) is 0 Å². The van der Waals surface area contributed by atoms with Gasteiger partial charge in [-0.1, -0.05) is 12.1 Å². The van der Waals surface area contributed by atoms with Gasteiger partial charge in [0.1, 0.15) is 11.9 Å². The van der Waals surface area contributed by atoms with Gasteiger partial charge in [0.15, 0.2) is 0 Å². The van der Waals surface area contributed by atoms with Crippen molar-refractivity contribution in [2.75, 3.05) is 0 Å². The van der Waals surface area contributed by atoms with E-state index in [2.05, 4.69) is 25.1 Å². The number of benzene rings is 1. The van der Waals surface area contributed by atoms with Crippen LogP contribution in [-0.2, 0) is 6.42 Å². The molecule has 4 rings (SSSR count). The van der Waals surface area contributed by atoms with E-state index in [1.807, 2.05) is 0 Å². The standard InChI is InChI=1S/C16H21NO/c1-9-4-13-5-10(2-3-15(13)18-9)16(17)14-7-11-6-12(11)8-14/h2-3,5,9,11-12,14,16H,4,6-8,17H2,1H3. The molecule has 1 aromatic rings. The zero-order chi connectivity index (χ0) is 12.3. The molecule has 2 nitrogen and oxygen atoms in total. The number of hydrogen-bond acceptors (Lipinski definition) is 2. The average molecular weight is 243 g/mol. The van der Waals surface area contributed by atoms with Crippen LogP contribution in [0.5, 0.6) is 5.75 Å². The molecule has 0 bridgehead atoms. The first-order valence-corrected chi connectivity index (χ1v) is 7.26. The molecule has 3 aliphatic rings. The summed E-state index contributed by atoms with van der Waals surface area (Å²) in [5, 5.41) is 0. The first-order valence-electron chi connectivity index (χ1n) is 7.26. The van der Waals surface area contributed by atoms with E-state index in [4.69, 9.17) is 10.5 Å². The van der Waals surface area contributed by atoms with Crippen LogP contribution in [0, 0.1) is 17.8 Å². The summed E-state index contributed by atoms with van der Waals surface area (Å²) >= 11 is 0. The van der Waals surface area contributed by atoms with Gasteiger partial charge in [-0.3, -0.25) is 0 Å². The zero-order valence-electron chi connectivity index (χ0n) is 10.9. The fraction of sp³-hybridized carbons (Fsp3) is 0.625. The highest BCUT2D eigenvalue weighted by atomic mass is 16.5. The Labute approximate surface area is 109 Å². The second kappa shape index (κ2) is 3.74. The van der Waals surface area contributed by atoms with E-state index in [9.17, 15) is 0 Å².